The van der Waals surface area contributed by atoms with Crippen LogP contribution in [0.15, 0.2) is 29.8 Å². The zero-order valence-corrected chi connectivity index (χ0v) is 7.32. The molecule has 0 unspecified atom stereocenters. The monoisotopic (exact) mass is 177 g/mol. The quantitative estimate of drug-likeness (QED) is 0.668. The number of hydrogen-bond donors (Lipinski definition) is 2. The molecule has 3 N–H and O–H groups in total. The number of phenols is 1. The van der Waals surface area contributed by atoms with E-state index in [2.05, 4.69) is 0 Å². The maximum absolute atomic E-state index is 10.7. The normalized spacial score (nSPS) is 11.3. The van der Waals surface area contributed by atoms with E-state index >= 15 is 0 Å². The van der Waals surface area contributed by atoms with Gasteiger partial charge in [-0.15, -0.1) is 0 Å². The molecule has 68 valence electrons. The Bertz CT molecular complexity index is 356. The molecule has 1 amide bonds. The van der Waals surface area contributed by atoms with E-state index in [0.29, 0.717) is 5.57 Å². The van der Waals surface area contributed by atoms with E-state index in [1.165, 1.54) is 0 Å². The van der Waals surface area contributed by atoms with E-state index in [4.69, 9.17) is 10.8 Å². The molecule has 0 radical (unpaired) electrons. The van der Waals surface area contributed by atoms with Gasteiger partial charge < -0.3 is 10.8 Å². The van der Waals surface area contributed by atoms with Crippen molar-refractivity contribution in [3.05, 3.63) is 35.4 Å². The third-order valence-corrected chi connectivity index (χ3v) is 1.64. The van der Waals surface area contributed by atoms with Crippen molar-refractivity contribution in [1.82, 2.24) is 0 Å². The fourth-order valence-corrected chi connectivity index (χ4v) is 0.936. The minimum absolute atomic E-state index is 0.172. The summed E-state index contributed by atoms with van der Waals surface area (Å²) in [7, 11) is 0. The number of hydrogen-bond acceptors (Lipinski definition) is 2. The summed E-state index contributed by atoms with van der Waals surface area (Å²) in [6, 6.07) is 6.62. The van der Waals surface area contributed by atoms with Gasteiger partial charge >= 0.3 is 0 Å². The van der Waals surface area contributed by atoms with Crippen LogP contribution < -0.4 is 5.73 Å². The molecule has 0 aliphatic carbocycles. The van der Waals surface area contributed by atoms with Gasteiger partial charge in [0.2, 0.25) is 5.91 Å². The maximum Gasteiger partial charge on any atom is 0.244 e. The number of carbonyl (C=O) groups excluding carboxylic acids is 1. The molecule has 0 atom stereocenters. The van der Waals surface area contributed by atoms with Crippen molar-refractivity contribution in [3.8, 4) is 5.75 Å². The van der Waals surface area contributed by atoms with Crippen molar-refractivity contribution in [1.29, 1.82) is 0 Å². The minimum atomic E-state index is -0.455. The number of aromatic hydroxyl groups is 1. The highest BCUT2D eigenvalue weighted by atomic mass is 16.3. The fraction of sp³-hybridized carbons (Fsp3) is 0.100. The van der Waals surface area contributed by atoms with Crippen LogP contribution in [-0.2, 0) is 4.79 Å². The van der Waals surface area contributed by atoms with Crippen molar-refractivity contribution in [2.45, 2.75) is 6.92 Å². The fourth-order valence-electron chi connectivity index (χ4n) is 0.936. The molecule has 1 aromatic rings. The highest BCUT2D eigenvalue weighted by Gasteiger charge is 1.97. The molecule has 0 aliphatic rings. The third-order valence-electron chi connectivity index (χ3n) is 1.64. The number of primary amides is 1. The molecule has 0 aliphatic heterocycles. The molecule has 1 rings (SSSR count). The predicted molar refractivity (Wildman–Crippen MR) is 51.0 cm³/mol. The number of rotatable bonds is 2. The third kappa shape index (κ3) is 2.63. The summed E-state index contributed by atoms with van der Waals surface area (Å²) in [5.41, 5.74) is 6.28. The average Bonchev–Trinajstić information content (AvgIpc) is 2.04. The molecule has 0 saturated carbocycles. The van der Waals surface area contributed by atoms with Crippen LogP contribution in [0.3, 0.4) is 0 Å². The summed E-state index contributed by atoms with van der Waals surface area (Å²) in [5.74, 6) is -0.283. The second kappa shape index (κ2) is 3.76. The molecule has 0 bridgehead atoms. The Balaban J connectivity index is 2.97. The summed E-state index contributed by atoms with van der Waals surface area (Å²) < 4.78 is 0. The van der Waals surface area contributed by atoms with E-state index in [9.17, 15) is 4.79 Å². The molecular formula is C10H11NO2. The second-order valence-corrected chi connectivity index (χ2v) is 2.79. The number of nitrogens with two attached hydrogens (primary N) is 1. The van der Waals surface area contributed by atoms with Gasteiger partial charge in [0.15, 0.2) is 0 Å². The number of amides is 1. The summed E-state index contributed by atoms with van der Waals surface area (Å²) >= 11 is 0. The van der Waals surface area contributed by atoms with Crippen LogP contribution >= 0.6 is 0 Å². The number of benzene rings is 1. The van der Waals surface area contributed by atoms with Crippen LogP contribution in [0.1, 0.15) is 12.5 Å². The zero-order valence-electron chi connectivity index (χ0n) is 7.32. The van der Waals surface area contributed by atoms with Crippen LogP contribution in [0.5, 0.6) is 5.75 Å². The van der Waals surface area contributed by atoms with Gasteiger partial charge in [0.25, 0.3) is 0 Å². The van der Waals surface area contributed by atoms with Gasteiger partial charge in [-0.25, -0.2) is 0 Å². The van der Waals surface area contributed by atoms with Gasteiger partial charge in [0.05, 0.1) is 0 Å². The van der Waals surface area contributed by atoms with Gasteiger partial charge in [0, 0.05) is 5.57 Å². The summed E-state index contributed by atoms with van der Waals surface area (Å²) in [4.78, 5) is 10.7. The highest BCUT2D eigenvalue weighted by molar-refractivity contribution is 5.95. The van der Waals surface area contributed by atoms with Crippen molar-refractivity contribution in [3.63, 3.8) is 0 Å². The lowest BCUT2D eigenvalue weighted by Gasteiger charge is -1.96. The molecule has 3 heteroatoms. The average molecular weight is 177 g/mol. The van der Waals surface area contributed by atoms with Crippen LogP contribution in [-0.4, -0.2) is 11.0 Å². The minimum Gasteiger partial charge on any atom is -0.508 e. The summed E-state index contributed by atoms with van der Waals surface area (Å²) in [6.45, 7) is 1.63. The van der Waals surface area contributed by atoms with Crippen LogP contribution in [0.25, 0.3) is 6.08 Å². The Hall–Kier alpha value is -1.77. The zero-order chi connectivity index (χ0) is 9.84. The Labute approximate surface area is 76.5 Å². The van der Waals surface area contributed by atoms with E-state index in [1.807, 2.05) is 0 Å². The molecule has 13 heavy (non-hydrogen) atoms. The first-order valence-corrected chi connectivity index (χ1v) is 3.87. The van der Waals surface area contributed by atoms with Crippen LogP contribution in [0, 0.1) is 0 Å². The van der Waals surface area contributed by atoms with E-state index in [-0.39, 0.29) is 5.75 Å². The standard InChI is InChI=1S/C10H11NO2/c1-7(10(11)13)5-8-3-2-4-9(12)6-8/h2-6,12H,1H3,(H2,11,13)/b7-5+. The number of carbonyl (C=O) groups is 1. The van der Waals surface area contributed by atoms with Crippen molar-refractivity contribution in [2.75, 3.05) is 0 Å². The van der Waals surface area contributed by atoms with Crippen molar-refractivity contribution >= 4 is 12.0 Å². The van der Waals surface area contributed by atoms with Gasteiger partial charge in [-0.2, -0.15) is 0 Å². The molecule has 0 fully saturated rings. The maximum atomic E-state index is 10.7. The lowest BCUT2D eigenvalue weighted by atomic mass is 10.1. The van der Waals surface area contributed by atoms with E-state index in [1.54, 1.807) is 37.3 Å². The van der Waals surface area contributed by atoms with E-state index in [0.717, 1.165) is 5.56 Å². The molecule has 0 saturated heterocycles. The van der Waals surface area contributed by atoms with Gasteiger partial charge in [-0.1, -0.05) is 12.1 Å². The Morgan fingerprint density at radius 1 is 1.54 bits per heavy atom. The molecular weight excluding hydrogens is 166 g/mol. The van der Waals surface area contributed by atoms with Crippen molar-refractivity contribution < 1.29 is 9.90 Å². The first-order chi connectivity index (χ1) is 6.09. The molecule has 1 aromatic carbocycles. The van der Waals surface area contributed by atoms with Crippen molar-refractivity contribution in [2.24, 2.45) is 5.73 Å². The largest absolute Gasteiger partial charge is 0.508 e. The lowest BCUT2D eigenvalue weighted by molar-refractivity contribution is -0.114. The Morgan fingerprint density at radius 2 is 2.23 bits per heavy atom. The Morgan fingerprint density at radius 3 is 2.77 bits per heavy atom. The van der Waals surface area contributed by atoms with Gasteiger partial charge in [-0.3, -0.25) is 4.79 Å². The molecule has 0 heterocycles. The summed E-state index contributed by atoms with van der Waals surface area (Å²) in [5, 5.41) is 9.12. The number of phenolic OH excluding ortho intramolecular Hbond substituents is 1. The first kappa shape index (κ1) is 9.32. The molecule has 3 nitrogen and oxygen atoms in total. The lowest BCUT2D eigenvalue weighted by Crippen LogP contribution is -2.11. The highest BCUT2D eigenvalue weighted by Crippen LogP contribution is 2.13. The smallest absolute Gasteiger partial charge is 0.244 e. The van der Waals surface area contributed by atoms with Crippen LogP contribution in [0.4, 0.5) is 0 Å². The first-order valence-electron chi connectivity index (χ1n) is 3.87. The van der Waals surface area contributed by atoms with Crippen LogP contribution in [0.2, 0.25) is 0 Å². The SMILES string of the molecule is C/C(=C\c1cccc(O)c1)C(N)=O. The molecule has 0 spiro atoms. The topological polar surface area (TPSA) is 63.3 Å². The predicted octanol–water partition coefficient (Wildman–Crippen LogP) is 1.28. The van der Waals surface area contributed by atoms with Gasteiger partial charge in [-0.05, 0) is 30.7 Å². The Kier molecular flexibility index (Phi) is 2.69. The second-order valence-electron chi connectivity index (χ2n) is 2.79. The van der Waals surface area contributed by atoms with E-state index < -0.39 is 5.91 Å². The van der Waals surface area contributed by atoms with Gasteiger partial charge in [0.1, 0.15) is 5.75 Å². The molecule has 0 aromatic heterocycles. The summed E-state index contributed by atoms with van der Waals surface area (Å²) in [6.07, 6.45) is 1.63.